The van der Waals surface area contributed by atoms with Crippen molar-refractivity contribution in [2.24, 2.45) is 0 Å². The van der Waals surface area contributed by atoms with E-state index in [9.17, 15) is 0 Å². The van der Waals surface area contributed by atoms with Gasteiger partial charge in [-0.2, -0.15) is 0 Å². The molecule has 84 valence electrons. The van der Waals surface area contributed by atoms with Crippen LogP contribution in [0.5, 0.6) is 5.88 Å². The number of hydrogen-bond acceptors (Lipinski definition) is 3. The van der Waals surface area contributed by atoms with Gasteiger partial charge in [0.1, 0.15) is 5.60 Å². The molecule has 1 aromatic rings. The van der Waals surface area contributed by atoms with Crippen LogP contribution < -0.4 is 10.1 Å². The quantitative estimate of drug-likeness (QED) is 0.806. The van der Waals surface area contributed by atoms with E-state index in [4.69, 9.17) is 4.74 Å². The molecule has 0 fully saturated rings. The summed E-state index contributed by atoms with van der Waals surface area (Å²) >= 11 is 0. The molecule has 0 saturated carbocycles. The molecule has 0 spiro atoms. The fourth-order valence-corrected chi connectivity index (χ4v) is 1.18. The molecule has 0 aliphatic carbocycles. The Morgan fingerprint density at radius 2 is 2.20 bits per heavy atom. The van der Waals surface area contributed by atoms with Crippen LogP contribution >= 0.6 is 0 Å². The highest BCUT2D eigenvalue weighted by atomic mass is 16.5. The van der Waals surface area contributed by atoms with Crippen molar-refractivity contribution < 1.29 is 4.74 Å². The zero-order valence-corrected chi connectivity index (χ0v) is 10.0. The van der Waals surface area contributed by atoms with Crippen LogP contribution in [0, 0.1) is 0 Å². The van der Waals surface area contributed by atoms with E-state index in [1.807, 2.05) is 19.2 Å². The highest BCUT2D eigenvalue weighted by Crippen LogP contribution is 2.19. The van der Waals surface area contributed by atoms with Crippen molar-refractivity contribution in [2.45, 2.75) is 39.3 Å². The molecule has 0 radical (unpaired) electrons. The Balaban J connectivity index is 2.73. The first kappa shape index (κ1) is 12.0. The Morgan fingerprint density at radius 3 is 2.80 bits per heavy atom. The number of nitrogens with zero attached hydrogens (tertiary/aromatic N) is 1. The lowest BCUT2D eigenvalue weighted by atomic mass is 10.1. The molecule has 0 saturated heterocycles. The minimum Gasteiger partial charge on any atom is -0.472 e. The van der Waals surface area contributed by atoms with Crippen molar-refractivity contribution in [2.75, 3.05) is 7.05 Å². The van der Waals surface area contributed by atoms with Gasteiger partial charge in [0.15, 0.2) is 0 Å². The predicted molar refractivity (Wildman–Crippen MR) is 62.0 cm³/mol. The van der Waals surface area contributed by atoms with Crippen LogP contribution in [0.3, 0.4) is 0 Å². The van der Waals surface area contributed by atoms with Crippen LogP contribution in [0.15, 0.2) is 18.3 Å². The summed E-state index contributed by atoms with van der Waals surface area (Å²) < 4.78 is 5.80. The fraction of sp³-hybridized carbons (Fsp3) is 0.583. The third kappa shape index (κ3) is 3.88. The zero-order chi connectivity index (χ0) is 11.3. The lowest BCUT2D eigenvalue weighted by Crippen LogP contribution is -2.27. The van der Waals surface area contributed by atoms with E-state index in [1.54, 1.807) is 6.20 Å². The van der Waals surface area contributed by atoms with E-state index >= 15 is 0 Å². The van der Waals surface area contributed by atoms with E-state index in [0.717, 1.165) is 13.0 Å². The van der Waals surface area contributed by atoms with Gasteiger partial charge in [0.2, 0.25) is 5.88 Å². The van der Waals surface area contributed by atoms with Gasteiger partial charge < -0.3 is 10.1 Å². The van der Waals surface area contributed by atoms with Crippen LogP contribution in [0.25, 0.3) is 0 Å². The van der Waals surface area contributed by atoms with Gasteiger partial charge in [-0.3, -0.25) is 0 Å². The van der Waals surface area contributed by atoms with Crippen molar-refractivity contribution in [3.8, 4) is 5.88 Å². The van der Waals surface area contributed by atoms with Crippen molar-refractivity contribution in [1.82, 2.24) is 10.3 Å². The van der Waals surface area contributed by atoms with E-state index < -0.39 is 0 Å². The molecule has 1 N–H and O–H groups in total. The monoisotopic (exact) mass is 208 g/mol. The third-order valence-electron chi connectivity index (χ3n) is 2.41. The minimum atomic E-state index is -0.148. The second-order valence-electron chi connectivity index (χ2n) is 4.25. The molecule has 0 aliphatic rings. The van der Waals surface area contributed by atoms with E-state index in [0.29, 0.717) is 5.88 Å². The molecule has 0 aromatic carbocycles. The summed E-state index contributed by atoms with van der Waals surface area (Å²) in [4.78, 5) is 4.20. The van der Waals surface area contributed by atoms with Crippen molar-refractivity contribution in [1.29, 1.82) is 0 Å². The predicted octanol–water partition coefficient (Wildman–Crippen LogP) is 2.37. The normalized spacial score (nSPS) is 11.5. The number of aromatic nitrogens is 1. The summed E-state index contributed by atoms with van der Waals surface area (Å²) in [5, 5.41) is 3.10. The number of nitrogens with one attached hydrogen (secondary N) is 1. The average molecular weight is 208 g/mol. The molecule has 0 unspecified atom stereocenters. The summed E-state index contributed by atoms with van der Waals surface area (Å²) in [6.45, 7) is 7.09. The maximum atomic E-state index is 5.80. The Labute approximate surface area is 91.9 Å². The molecule has 0 amide bonds. The van der Waals surface area contributed by atoms with Crippen LogP contribution in [0.1, 0.15) is 32.8 Å². The van der Waals surface area contributed by atoms with Crippen LogP contribution in [0.2, 0.25) is 0 Å². The standard InChI is InChI=1S/C12H20N2O/c1-5-12(2,3)15-11-8-10(9-13-4)6-7-14-11/h6-8,13H,5,9H2,1-4H3. The van der Waals surface area contributed by atoms with Gasteiger partial charge in [-0.25, -0.2) is 4.98 Å². The second-order valence-corrected chi connectivity index (χ2v) is 4.25. The number of rotatable bonds is 5. The van der Waals surface area contributed by atoms with Crippen LogP contribution in [0.4, 0.5) is 0 Å². The SMILES string of the molecule is CCC(C)(C)Oc1cc(CNC)ccn1. The summed E-state index contributed by atoms with van der Waals surface area (Å²) in [6, 6.07) is 3.97. The van der Waals surface area contributed by atoms with Crippen molar-refractivity contribution >= 4 is 0 Å². The molecule has 15 heavy (non-hydrogen) atoms. The lowest BCUT2D eigenvalue weighted by Gasteiger charge is -2.24. The first-order chi connectivity index (χ1) is 7.07. The molecule has 0 atom stereocenters. The second kappa shape index (κ2) is 5.12. The van der Waals surface area contributed by atoms with E-state index in [-0.39, 0.29) is 5.60 Å². The van der Waals surface area contributed by atoms with Crippen LogP contribution in [-0.4, -0.2) is 17.6 Å². The number of ether oxygens (including phenoxy) is 1. The zero-order valence-electron chi connectivity index (χ0n) is 10.0. The molecular weight excluding hydrogens is 188 g/mol. The Kier molecular flexibility index (Phi) is 4.09. The molecule has 1 aromatic heterocycles. The fourth-order valence-electron chi connectivity index (χ4n) is 1.18. The summed E-state index contributed by atoms with van der Waals surface area (Å²) in [7, 11) is 1.93. The van der Waals surface area contributed by atoms with Gasteiger partial charge in [-0.05, 0) is 38.9 Å². The Morgan fingerprint density at radius 1 is 1.47 bits per heavy atom. The van der Waals surface area contributed by atoms with Crippen LogP contribution in [-0.2, 0) is 6.54 Å². The molecule has 3 nitrogen and oxygen atoms in total. The van der Waals surface area contributed by atoms with Gasteiger partial charge >= 0.3 is 0 Å². The maximum Gasteiger partial charge on any atom is 0.214 e. The summed E-state index contributed by atoms with van der Waals surface area (Å²) in [5.41, 5.74) is 1.04. The van der Waals surface area contributed by atoms with Gasteiger partial charge in [0, 0.05) is 18.8 Å². The average Bonchev–Trinajstić information content (AvgIpc) is 2.18. The summed E-state index contributed by atoms with van der Waals surface area (Å²) in [6.07, 6.45) is 2.75. The Hall–Kier alpha value is -1.09. The summed E-state index contributed by atoms with van der Waals surface area (Å²) in [5.74, 6) is 0.703. The van der Waals surface area contributed by atoms with E-state index in [2.05, 4.69) is 31.1 Å². The first-order valence-electron chi connectivity index (χ1n) is 5.36. The first-order valence-corrected chi connectivity index (χ1v) is 5.36. The lowest BCUT2D eigenvalue weighted by molar-refractivity contribution is 0.0989. The maximum absolute atomic E-state index is 5.80. The molecule has 1 rings (SSSR count). The topological polar surface area (TPSA) is 34.1 Å². The van der Waals surface area contributed by atoms with Gasteiger partial charge in [0.25, 0.3) is 0 Å². The van der Waals surface area contributed by atoms with E-state index in [1.165, 1.54) is 5.56 Å². The molecule has 1 heterocycles. The molecule has 3 heteroatoms. The van der Waals surface area contributed by atoms with Gasteiger partial charge in [-0.1, -0.05) is 6.92 Å². The third-order valence-corrected chi connectivity index (χ3v) is 2.41. The number of pyridine rings is 1. The highest BCUT2D eigenvalue weighted by molar-refractivity contribution is 5.20. The van der Waals surface area contributed by atoms with Crippen molar-refractivity contribution in [3.05, 3.63) is 23.9 Å². The minimum absolute atomic E-state index is 0.148. The molecule has 0 bridgehead atoms. The van der Waals surface area contributed by atoms with Crippen molar-refractivity contribution in [3.63, 3.8) is 0 Å². The highest BCUT2D eigenvalue weighted by Gasteiger charge is 2.17. The molecule has 0 aliphatic heterocycles. The number of hydrogen-bond donors (Lipinski definition) is 1. The van der Waals surface area contributed by atoms with Gasteiger partial charge in [0.05, 0.1) is 0 Å². The smallest absolute Gasteiger partial charge is 0.214 e. The Bertz CT molecular complexity index is 310. The molecular formula is C12H20N2O. The largest absolute Gasteiger partial charge is 0.472 e. The van der Waals surface area contributed by atoms with Gasteiger partial charge in [-0.15, -0.1) is 0 Å².